The van der Waals surface area contributed by atoms with Crippen LogP contribution in [0.15, 0.2) is 11.6 Å². The SMILES string of the molecule is CCCC[C@@H](O)CCCCC[C@H](O)[C@H]1CC[C@H]([C@H]2CC[C@H]([C@H](O)CCCCCCCCCCCCC3=C[C@H](C)OC3=O)O2)O1. The molecule has 44 heavy (non-hydrogen) atoms. The van der Waals surface area contributed by atoms with E-state index >= 15 is 0 Å². The van der Waals surface area contributed by atoms with Crippen molar-refractivity contribution in [2.75, 3.05) is 0 Å². The molecule has 0 unspecified atom stereocenters. The molecule has 3 aliphatic rings. The molecule has 3 N–H and O–H groups in total. The van der Waals surface area contributed by atoms with E-state index in [2.05, 4.69) is 6.92 Å². The van der Waals surface area contributed by atoms with Gasteiger partial charge in [-0.25, -0.2) is 4.79 Å². The monoisotopic (exact) mass is 622 g/mol. The van der Waals surface area contributed by atoms with Crippen LogP contribution in [0.3, 0.4) is 0 Å². The minimum absolute atomic E-state index is 0.0351. The van der Waals surface area contributed by atoms with Crippen LogP contribution in [-0.4, -0.2) is 70.1 Å². The third-order valence-electron chi connectivity index (χ3n) is 10.1. The number of rotatable bonds is 25. The third-order valence-corrected chi connectivity index (χ3v) is 10.1. The molecular formula is C37H66O7. The number of carbonyl (C=O) groups excluding carboxylic acids is 1. The molecule has 256 valence electrons. The predicted molar refractivity (Wildman–Crippen MR) is 175 cm³/mol. The lowest BCUT2D eigenvalue weighted by molar-refractivity contribution is -0.139. The van der Waals surface area contributed by atoms with Crippen molar-refractivity contribution in [1.82, 2.24) is 0 Å². The van der Waals surface area contributed by atoms with Crippen molar-refractivity contribution in [3.8, 4) is 0 Å². The molecule has 7 heteroatoms. The van der Waals surface area contributed by atoms with Crippen molar-refractivity contribution in [3.05, 3.63) is 11.6 Å². The first-order chi connectivity index (χ1) is 21.4. The zero-order valence-corrected chi connectivity index (χ0v) is 28.1. The number of carbonyl (C=O) groups is 1. The molecule has 2 fully saturated rings. The molecule has 2 saturated heterocycles. The van der Waals surface area contributed by atoms with Crippen molar-refractivity contribution in [1.29, 1.82) is 0 Å². The summed E-state index contributed by atoms with van der Waals surface area (Å²) in [5.41, 5.74) is 0.864. The molecule has 0 spiro atoms. The molecule has 0 amide bonds. The van der Waals surface area contributed by atoms with Gasteiger partial charge in [0.25, 0.3) is 0 Å². The highest BCUT2D eigenvalue weighted by Crippen LogP contribution is 2.34. The number of esters is 1. The fraction of sp³-hybridized carbons (Fsp3) is 0.919. The molecule has 0 aromatic carbocycles. The van der Waals surface area contributed by atoms with Gasteiger partial charge < -0.3 is 29.5 Å². The molecule has 8 atom stereocenters. The summed E-state index contributed by atoms with van der Waals surface area (Å²) in [6.07, 6.45) is 25.9. The lowest BCUT2D eigenvalue weighted by atomic mass is 10.00. The fourth-order valence-electron chi connectivity index (χ4n) is 7.26. The van der Waals surface area contributed by atoms with E-state index in [0.29, 0.717) is 0 Å². The quantitative estimate of drug-likeness (QED) is 0.0703. The van der Waals surface area contributed by atoms with Crippen LogP contribution < -0.4 is 0 Å². The van der Waals surface area contributed by atoms with Crippen molar-refractivity contribution in [2.45, 2.75) is 217 Å². The number of cyclic esters (lactones) is 1. The maximum Gasteiger partial charge on any atom is 0.334 e. The zero-order valence-electron chi connectivity index (χ0n) is 28.1. The topological polar surface area (TPSA) is 105 Å². The normalized spacial score (nSPS) is 27.4. The average Bonchev–Trinajstić information content (AvgIpc) is 3.76. The molecule has 0 saturated carbocycles. The first-order valence-electron chi connectivity index (χ1n) is 18.6. The standard InChI is InChI=1S/C37H66O7/c1-3-4-19-30(38)20-15-13-17-22-32(40)34-24-26-36(44-34)35-25-23-33(43-35)31(39)21-16-12-10-8-6-5-7-9-11-14-18-29-27-28(2)42-37(29)41/h27-28,30-36,38-40H,3-26H2,1-2H3/t28-,30+,31+,32-,33+,34+,35+,36+/m0/s1. The highest BCUT2D eigenvalue weighted by atomic mass is 16.6. The smallest absolute Gasteiger partial charge is 0.334 e. The predicted octanol–water partition coefficient (Wildman–Crippen LogP) is 7.86. The van der Waals surface area contributed by atoms with Gasteiger partial charge in [-0.3, -0.25) is 0 Å². The number of aliphatic hydroxyl groups excluding tert-OH is 3. The number of aliphatic hydroxyl groups is 3. The maximum absolute atomic E-state index is 11.6. The van der Waals surface area contributed by atoms with Gasteiger partial charge in [0.15, 0.2) is 0 Å². The van der Waals surface area contributed by atoms with Gasteiger partial charge in [0, 0.05) is 5.57 Å². The molecule has 0 aliphatic carbocycles. The van der Waals surface area contributed by atoms with E-state index in [9.17, 15) is 20.1 Å². The van der Waals surface area contributed by atoms with Crippen molar-refractivity contribution in [2.24, 2.45) is 0 Å². The van der Waals surface area contributed by atoms with E-state index in [4.69, 9.17) is 14.2 Å². The summed E-state index contributed by atoms with van der Waals surface area (Å²) < 4.78 is 17.7. The summed E-state index contributed by atoms with van der Waals surface area (Å²) in [5, 5.41) is 31.4. The first-order valence-corrected chi connectivity index (χ1v) is 18.6. The molecule has 0 aromatic heterocycles. The second-order valence-electron chi connectivity index (χ2n) is 14.0. The summed E-state index contributed by atoms with van der Waals surface area (Å²) in [6, 6.07) is 0. The second-order valence-corrected chi connectivity index (χ2v) is 14.0. The van der Waals surface area contributed by atoms with E-state index in [1.165, 1.54) is 51.4 Å². The highest BCUT2D eigenvalue weighted by Gasteiger charge is 2.40. The molecule has 0 bridgehead atoms. The molecule has 7 nitrogen and oxygen atoms in total. The molecule has 3 rings (SSSR count). The molecule has 0 radical (unpaired) electrons. The minimum Gasteiger partial charge on any atom is -0.455 e. The van der Waals surface area contributed by atoms with E-state index in [1.54, 1.807) is 0 Å². The van der Waals surface area contributed by atoms with Gasteiger partial charge in [-0.2, -0.15) is 0 Å². The summed E-state index contributed by atoms with van der Waals surface area (Å²) >= 11 is 0. The summed E-state index contributed by atoms with van der Waals surface area (Å²) in [7, 11) is 0. The van der Waals surface area contributed by atoms with Gasteiger partial charge in [-0.1, -0.05) is 96.8 Å². The Kier molecular flexibility index (Phi) is 18.5. The van der Waals surface area contributed by atoms with Crippen molar-refractivity contribution < 1.29 is 34.3 Å². The Morgan fingerprint density at radius 1 is 0.659 bits per heavy atom. The molecule has 3 heterocycles. The summed E-state index contributed by atoms with van der Waals surface area (Å²) in [5.74, 6) is -0.123. The number of ether oxygens (including phenoxy) is 3. The van der Waals surface area contributed by atoms with Gasteiger partial charge in [-0.05, 0) is 77.2 Å². The summed E-state index contributed by atoms with van der Waals surface area (Å²) in [6.45, 7) is 4.06. The Balaban J connectivity index is 1.12. The van der Waals surface area contributed by atoms with E-state index in [-0.39, 0.29) is 42.6 Å². The van der Waals surface area contributed by atoms with E-state index < -0.39 is 12.2 Å². The lowest BCUT2D eigenvalue weighted by Crippen LogP contribution is -2.33. The van der Waals surface area contributed by atoms with Crippen LogP contribution in [0.4, 0.5) is 0 Å². The van der Waals surface area contributed by atoms with Crippen molar-refractivity contribution in [3.63, 3.8) is 0 Å². The minimum atomic E-state index is -0.426. The Labute approximate surface area is 268 Å². The zero-order chi connectivity index (χ0) is 31.6. The van der Waals surface area contributed by atoms with Crippen LogP contribution in [-0.2, 0) is 19.0 Å². The van der Waals surface area contributed by atoms with Gasteiger partial charge in [0.1, 0.15) is 6.10 Å². The van der Waals surface area contributed by atoms with E-state index in [1.807, 2.05) is 13.0 Å². The Morgan fingerprint density at radius 2 is 1.11 bits per heavy atom. The lowest BCUT2D eigenvalue weighted by Gasteiger charge is -2.24. The second kappa shape index (κ2) is 21.7. The Bertz CT molecular complexity index is 801. The largest absolute Gasteiger partial charge is 0.455 e. The number of hydrogen-bond acceptors (Lipinski definition) is 7. The average molecular weight is 623 g/mol. The van der Waals surface area contributed by atoms with Gasteiger partial charge in [-0.15, -0.1) is 0 Å². The van der Waals surface area contributed by atoms with Gasteiger partial charge in [0.2, 0.25) is 0 Å². The number of unbranched alkanes of at least 4 members (excludes halogenated alkanes) is 12. The van der Waals surface area contributed by atoms with Crippen LogP contribution in [0.5, 0.6) is 0 Å². The fourth-order valence-corrected chi connectivity index (χ4v) is 7.26. The van der Waals surface area contributed by atoms with Crippen molar-refractivity contribution >= 4 is 5.97 Å². The Hall–Kier alpha value is -0.990. The van der Waals surface area contributed by atoms with E-state index in [0.717, 1.165) is 108 Å². The van der Waals surface area contributed by atoms with Crippen LogP contribution >= 0.6 is 0 Å². The molecular weight excluding hydrogens is 556 g/mol. The number of hydrogen-bond donors (Lipinski definition) is 3. The van der Waals surface area contributed by atoms with Crippen LogP contribution in [0.25, 0.3) is 0 Å². The molecule has 0 aromatic rings. The van der Waals surface area contributed by atoms with Crippen LogP contribution in [0, 0.1) is 0 Å². The summed E-state index contributed by atoms with van der Waals surface area (Å²) in [4.78, 5) is 11.6. The van der Waals surface area contributed by atoms with Gasteiger partial charge in [0.05, 0.1) is 42.7 Å². The third kappa shape index (κ3) is 14.2. The van der Waals surface area contributed by atoms with Crippen LogP contribution in [0.1, 0.15) is 168 Å². The highest BCUT2D eigenvalue weighted by molar-refractivity contribution is 5.90. The molecule has 3 aliphatic heterocycles. The maximum atomic E-state index is 11.6. The first kappa shape index (κ1) is 37.5. The Morgan fingerprint density at radius 3 is 1.61 bits per heavy atom. The van der Waals surface area contributed by atoms with Crippen LogP contribution in [0.2, 0.25) is 0 Å². The van der Waals surface area contributed by atoms with Gasteiger partial charge >= 0.3 is 5.97 Å².